The third kappa shape index (κ3) is 4.70. The minimum absolute atomic E-state index is 0.174. The Bertz CT molecular complexity index is 1330. The number of thiophene rings is 3. The minimum Gasteiger partial charge on any atom is -0.345 e. The largest absolute Gasteiger partial charge is 0.345 e. The van der Waals surface area contributed by atoms with Crippen molar-refractivity contribution in [3.05, 3.63) is 95.9 Å². The molecule has 2 aromatic carbocycles. The topological polar surface area (TPSA) is 3.24 Å². The average Bonchev–Trinajstić information content (AvgIpc) is 3.59. The summed E-state index contributed by atoms with van der Waals surface area (Å²) in [7, 11) is 2.13. The van der Waals surface area contributed by atoms with E-state index in [9.17, 15) is 0 Å². The summed E-state index contributed by atoms with van der Waals surface area (Å²) >= 11 is 5.54. The number of anilines is 2. The highest BCUT2D eigenvalue weighted by molar-refractivity contribution is 7.27. The van der Waals surface area contributed by atoms with Crippen LogP contribution in [-0.4, -0.2) is 7.05 Å². The van der Waals surface area contributed by atoms with Crippen LogP contribution in [-0.2, 0) is 5.41 Å². The first kappa shape index (κ1) is 22.1. The van der Waals surface area contributed by atoms with Crippen LogP contribution < -0.4 is 4.90 Å². The van der Waals surface area contributed by atoms with Gasteiger partial charge in [0, 0.05) is 42.8 Å². The lowest BCUT2D eigenvalue weighted by Crippen LogP contribution is -2.12. The smallest absolute Gasteiger partial charge is 0.0449 e. The van der Waals surface area contributed by atoms with Gasteiger partial charge in [0.2, 0.25) is 0 Å². The molecule has 3 aromatic heterocycles. The molecule has 3 heterocycles. The summed E-state index contributed by atoms with van der Waals surface area (Å²) in [6, 6.07) is 31.1. The standard InChI is InChI=1S/C29H27NS3/c1-29(2,3)21-9-13-23(14-10-21)30(4)22-11-7-20(8-12-22)24-15-16-27(32-24)28-18-17-26(33-28)25-6-5-19-31-25/h5-19H,1-4H3. The van der Waals surface area contributed by atoms with E-state index in [1.165, 1.54) is 46.9 Å². The molecule has 0 aliphatic carbocycles. The first-order chi connectivity index (χ1) is 15.9. The maximum absolute atomic E-state index is 2.25. The number of benzene rings is 2. The van der Waals surface area contributed by atoms with Gasteiger partial charge in [0.15, 0.2) is 0 Å². The van der Waals surface area contributed by atoms with Gasteiger partial charge in [-0.05, 0) is 76.5 Å². The normalized spacial score (nSPS) is 11.6. The predicted molar refractivity (Wildman–Crippen MR) is 150 cm³/mol. The van der Waals surface area contributed by atoms with E-state index in [2.05, 4.69) is 123 Å². The summed E-state index contributed by atoms with van der Waals surface area (Å²) in [6.07, 6.45) is 0. The quantitative estimate of drug-likeness (QED) is 0.239. The van der Waals surface area contributed by atoms with Crippen LogP contribution in [0, 0.1) is 0 Å². The molecule has 5 rings (SSSR count). The van der Waals surface area contributed by atoms with Crippen molar-refractivity contribution in [1.82, 2.24) is 0 Å². The summed E-state index contributed by atoms with van der Waals surface area (Å²) in [6.45, 7) is 6.75. The van der Waals surface area contributed by atoms with Crippen molar-refractivity contribution in [1.29, 1.82) is 0 Å². The maximum atomic E-state index is 2.25. The molecule has 0 bridgehead atoms. The number of hydrogen-bond donors (Lipinski definition) is 0. The molecule has 0 spiro atoms. The van der Waals surface area contributed by atoms with Gasteiger partial charge in [0.05, 0.1) is 0 Å². The Hall–Kier alpha value is -2.66. The Morgan fingerprint density at radius 1 is 0.576 bits per heavy atom. The molecular formula is C29H27NS3. The zero-order valence-corrected chi connectivity index (χ0v) is 21.8. The average molecular weight is 486 g/mol. The van der Waals surface area contributed by atoms with Gasteiger partial charge in [0.25, 0.3) is 0 Å². The predicted octanol–water partition coefficient (Wildman–Crippen LogP) is 9.94. The third-order valence-electron chi connectivity index (χ3n) is 5.88. The molecule has 4 heteroatoms. The van der Waals surface area contributed by atoms with Gasteiger partial charge in [0.1, 0.15) is 0 Å². The molecule has 33 heavy (non-hydrogen) atoms. The van der Waals surface area contributed by atoms with Crippen LogP contribution in [0.3, 0.4) is 0 Å². The van der Waals surface area contributed by atoms with Gasteiger partial charge < -0.3 is 4.90 Å². The molecule has 0 N–H and O–H groups in total. The fourth-order valence-electron chi connectivity index (χ4n) is 3.83. The van der Waals surface area contributed by atoms with Crippen molar-refractivity contribution in [3.63, 3.8) is 0 Å². The van der Waals surface area contributed by atoms with Gasteiger partial charge in [-0.1, -0.05) is 51.1 Å². The highest BCUT2D eigenvalue weighted by Crippen LogP contribution is 2.41. The maximum Gasteiger partial charge on any atom is 0.0449 e. The number of nitrogens with zero attached hydrogens (tertiary/aromatic N) is 1. The second-order valence-electron chi connectivity index (χ2n) is 9.21. The van der Waals surface area contributed by atoms with E-state index in [1.807, 2.05) is 22.7 Å². The molecule has 1 nitrogen and oxygen atoms in total. The van der Waals surface area contributed by atoms with Crippen molar-refractivity contribution in [2.45, 2.75) is 26.2 Å². The van der Waals surface area contributed by atoms with Crippen LogP contribution in [0.25, 0.3) is 29.9 Å². The molecular weight excluding hydrogens is 459 g/mol. The van der Waals surface area contributed by atoms with Gasteiger partial charge in [-0.25, -0.2) is 0 Å². The van der Waals surface area contributed by atoms with Crippen molar-refractivity contribution in [3.8, 4) is 29.9 Å². The Balaban J connectivity index is 1.32. The highest BCUT2D eigenvalue weighted by Gasteiger charge is 2.14. The summed E-state index contributed by atoms with van der Waals surface area (Å²) < 4.78 is 0. The van der Waals surface area contributed by atoms with Gasteiger partial charge >= 0.3 is 0 Å². The number of hydrogen-bond acceptors (Lipinski definition) is 4. The SMILES string of the molecule is CN(c1ccc(-c2ccc(-c3ccc(-c4cccs4)s3)s2)cc1)c1ccc(C(C)(C)C)cc1. The van der Waals surface area contributed by atoms with E-state index in [-0.39, 0.29) is 5.41 Å². The molecule has 0 aliphatic heterocycles. The summed E-state index contributed by atoms with van der Waals surface area (Å²) in [5.74, 6) is 0. The Morgan fingerprint density at radius 2 is 1.09 bits per heavy atom. The molecule has 0 amide bonds. The Morgan fingerprint density at radius 3 is 1.64 bits per heavy atom. The molecule has 0 fully saturated rings. The van der Waals surface area contributed by atoms with Crippen LogP contribution in [0.4, 0.5) is 11.4 Å². The van der Waals surface area contributed by atoms with E-state index in [1.54, 1.807) is 11.3 Å². The minimum atomic E-state index is 0.174. The van der Waals surface area contributed by atoms with Crippen LogP contribution in [0.15, 0.2) is 90.3 Å². The van der Waals surface area contributed by atoms with E-state index >= 15 is 0 Å². The van der Waals surface area contributed by atoms with Crippen LogP contribution >= 0.6 is 34.0 Å². The first-order valence-corrected chi connectivity index (χ1v) is 13.6. The van der Waals surface area contributed by atoms with Crippen molar-refractivity contribution >= 4 is 45.4 Å². The fourth-order valence-corrected chi connectivity index (χ4v) is 6.77. The zero-order chi connectivity index (χ0) is 23.0. The molecule has 0 unspecified atom stereocenters. The third-order valence-corrected chi connectivity index (χ3v) is 9.36. The summed E-state index contributed by atoms with van der Waals surface area (Å²) in [5.41, 5.74) is 5.19. The monoisotopic (exact) mass is 485 g/mol. The molecule has 166 valence electrons. The van der Waals surface area contributed by atoms with Crippen molar-refractivity contribution in [2.24, 2.45) is 0 Å². The second-order valence-corrected chi connectivity index (χ2v) is 12.3. The summed E-state index contributed by atoms with van der Waals surface area (Å²) in [4.78, 5) is 8.91. The van der Waals surface area contributed by atoms with Gasteiger partial charge in [-0.15, -0.1) is 34.0 Å². The lowest BCUT2D eigenvalue weighted by Gasteiger charge is -2.23. The van der Waals surface area contributed by atoms with Gasteiger partial charge in [-0.2, -0.15) is 0 Å². The molecule has 0 saturated carbocycles. The van der Waals surface area contributed by atoms with Crippen molar-refractivity contribution < 1.29 is 0 Å². The molecule has 0 radical (unpaired) electrons. The van der Waals surface area contributed by atoms with E-state index < -0.39 is 0 Å². The van der Waals surface area contributed by atoms with Gasteiger partial charge in [-0.3, -0.25) is 0 Å². The molecule has 0 saturated heterocycles. The van der Waals surface area contributed by atoms with E-state index in [4.69, 9.17) is 0 Å². The number of rotatable bonds is 5. The molecule has 0 aliphatic rings. The zero-order valence-electron chi connectivity index (χ0n) is 19.3. The fraction of sp³-hybridized carbons (Fsp3) is 0.172. The Labute approximate surface area is 208 Å². The molecule has 5 aromatic rings. The highest BCUT2D eigenvalue weighted by atomic mass is 32.1. The van der Waals surface area contributed by atoms with Crippen LogP contribution in [0.1, 0.15) is 26.3 Å². The van der Waals surface area contributed by atoms with Crippen LogP contribution in [0.2, 0.25) is 0 Å². The van der Waals surface area contributed by atoms with E-state index in [0.29, 0.717) is 0 Å². The van der Waals surface area contributed by atoms with Crippen LogP contribution in [0.5, 0.6) is 0 Å². The lowest BCUT2D eigenvalue weighted by molar-refractivity contribution is 0.590. The first-order valence-electron chi connectivity index (χ1n) is 11.1. The second kappa shape index (κ2) is 8.94. The van der Waals surface area contributed by atoms with Crippen molar-refractivity contribution in [2.75, 3.05) is 11.9 Å². The summed E-state index contributed by atoms with van der Waals surface area (Å²) in [5, 5.41) is 2.14. The lowest BCUT2D eigenvalue weighted by atomic mass is 9.87. The van der Waals surface area contributed by atoms with E-state index in [0.717, 1.165) is 0 Å². The molecule has 0 atom stereocenters. The Kier molecular flexibility index (Phi) is 6.00.